The molecule has 0 spiro atoms. The van der Waals surface area contributed by atoms with Crippen molar-refractivity contribution in [3.63, 3.8) is 0 Å². The van der Waals surface area contributed by atoms with Gasteiger partial charge >= 0.3 is 5.97 Å². The normalized spacial score (nSPS) is 14.5. The molecule has 5 rings (SSSR count). The van der Waals surface area contributed by atoms with Crippen LogP contribution in [0.15, 0.2) is 118 Å². The van der Waals surface area contributed by atoms with Gasteiger partial charge in [-0.1, -0.05) is 36.4 Å². The molecule has 0 N–H and O–H groups in total. The molecule has 4 aromatic rings. The Labute approximate surface area is 214 Å². The average Bonchev–Trinajstić information content (AvgIpc) is 3.33. The monoisotopic (exact) mass is 499 g/mol. The average molecular weight is 500 g/mol. The van der Waals surface area contributed by atoms with Gasteiger partial charge in [-0.15, -0.1) is 0 Å². The van der Waals surface area contributed by atoms with E-state index in [1.807, 2.05) is 48.5 Å². The Bertz CT molecular complexity index is 1280. The van der Waals surface area contributed by atoms with E-state index < -0.39 is 11.8 Å². The summed E-state index contributed by atoms with van der Waals surface area (Å²) in [6, 6.07) is 32.3. The fourth-order valence-electron chi connectivity index (χ4n) is 4.54. The number of rotatable bonds is 7. The SMILES string of the molecule is CC1(Oc2ccc(OC(=O)c3ccc([S+](c4ccccc4)c4ccccc4)cc3)c(F)c2)CCCC1. The zero-order valence-corrected chi connectivity index (χ0v) is 21.0. The molecule has 0 aromatic heterocycles. The summed E-state index contributed by atoms with van der Waals surface area (Å²) < 4.78 is 26.1. The van der Waals surface area contributed by atoms with E-state index in [9.17, 15) is 9.18 Å². The Hall–Kier alpha value is -3.57. The highest BCUT2D eigenvalue weighted by Crippen LogP contribution is 2.35. The first kappa shape index (κ1) is 24.1. The van der Waals surface area contributed by atoms with Crippen molar-refractivity contribution in [3.8, 4) is 11.5 Å². The number of hydrogen-bond donors (Lipinski definition) is 0. The van der Waals surface area contributed by atoms with E-state index in [1.54, 1.807) is 18.2 Å². The Morgan fingerprint density at radius 3 is 1.89 bits per heavy atom. The summed E-state index contributed by atoms with van der Waals surface area (Å²) in [4.78, 5) is 16.2. The second-order valence-electron chi connectivity index (χ2n) is 9.20. The summed E-state index contributed by atoms with van der Waals surface area (Å²) in [5, 5.41) is 0. The minimum atomic E-state index is -0.617. The largest absolute Gasteiger partial charge is 0.487 e. The fraction of sp³-hybridized carbons (Fsp3) is 0.194. The maximum atomic E-state index is 14.7. The lowest BCUT2D eigenvalue weighted by molar-refractivity contribution is 0.0724. The van der Waals surface area contributed by atoms with Crippen LogP contribution in [0.1, 0.15) is 43.0 Å². The van der Waals surface area contributed by atoms with Crippen molar-refractivity contribution in [1.82, 2.24) is 0 Å². The number of benzene rings is 4. The third-order valence-corrected chi connectivity index (χ3v) is 8.65. The highest BCUT2D eigenvalue weighted by atomic mass is 32.2. The molecule has 3 nitrogen and oxygen atoms in total. The van der Waals surface area contributed by atoms with Gasteiger partial charge in [0.15, 0.2) is 26.3 Å². The number of halogens is 1. The Morgan fingerprint density at radius 1 is 0.778 bits per heavy atom. The van der Waals surface area contributed by atoms with Crippen molar-refractivity contribution in [3.05, 3.63) is 115 Å². The minimum Gasteiger partial charge on any atom is -0.487 e. The molecule has 0 amide bonds. The maximum Gasteiger partial charge on any atom is 0.343 e. The standard InChI is InChI=1S/C31H28FO3S/c1-31(20-8-9-21-31)35-24-16-19-29(28(32)22-24)34-30(33)23-14-17-27(18-15-23)36(25-10-4-2-5-11-25)26-12-6-3-7-13-26/h2-7,10-19,22H,8-9,20-21H2,1H3/q+1. The topological polar surface area (TPSA) is 35.5 Å². The van der Waals surface area contributed by atoms with Crippen LogP contribution in [-0.4, -0.2) is 11.6 Å². The Morgan fingerprint density at radius 2 is 1.33 bits per heavy atom. The molecule has 1 aliphatic carbocycles. The van der Waals surface area contributed by atoms with Crippen LogP contribution in [-0.2, 0) is 10.9 Å². The second-order valence-corrected chi connectivity index (χ2v) is 11.2. The van der Waals surface area contributed by atoms with Crippen molar-refractivity contribution in [2.45, 2.75) is 52.9 Å². The molecular weight excluding hydrogens is 471 g/mol. The molecular formula is C31H28FO3S+. The summed E-state index contributed by atoms with van der Waals surface area (Å²) in [6.07, 6.45) is 4.14. The van der Waals surface area contributed by atoms with Crippen molar-refractivity contribution >= 4 is 16.9 Å². The molecule has 0 saturated heterocycles. The number of carbonyl (C=O) groups excluding carboxylic acids is 1. The Kier molecular flexibility index (Phi) is 7.10. The van der Waals surface area contributed by atoms with Gasteiger partial charge in [0.05, 0.1) is 16.5 Å². The molecule has 182 valence electrons. The van der Waals surface area contributed by atoms with E-state index in [0.717, 1.165) is 30.6 Å². The highest BCUT2D eigenvalue weighted by Gasteiger charge is 2.31. The molecule has 36 heavy (non-hydrogen) atoms. The Balaban J connectivity index is 1.32. The van der Waals surface area contributed by atoms with Crippen LogP contribution in [0.5, 0.6) is 11.5 Å². The van der Waals surface area contributed by atoms with Gasteiger partial charge in [-0.3, -0.25) is 0 Å². The van der Waals surface area contributed by atoms with Gasteiger partial charge in [0.2, 0.25) is 0 Å². The number of hydrogen-bond acceptors (Lipinski definition) is 3. The third kappa shape index (κ3) is 5.47. The number of ether oxygens (including phenoxy) is 2. The van der Waals surface area contributed by atoms with Crippen molar-refractivity contribution < 1.29 is 18.7 Å². The fourth-order valence-corrected chi connectivity index (χ4v) is 6.63. The predicted octanol–water partition coefficient (Wildman–Crippen LogP) is 7.85. The van der Waals surface area contributed by atoms with E-state index in [2.05, 4.69) is 31.2 Å². The third-order valence-electron chi connectivity index (χ3n) is 6.42. The zero-order chi connectivity index (χ0) is 25.0. The van der Waals surface area contributed by atoms with Crippen LogP contribution in [0.25, 0.3) is 0 Å². The van der Waals surface area contributed by atoms with E-state index in [4.69, 9.17) is 9.47 Å². The summed E-state index contributed by atoms with van der Waals surface area (Å²) >= 11 is 0. The van der Waals surface area contributed by atoms with Crippen LogP contribution in [0.2, 0.25) is 0 Å². The van der Waals surface area contributed by atoms with Crippen LogP contribution in [0.4, 0.5) is 4.39 Å². The van der Waals surface area contributed by atoms with E-state index in [0.29, 0.717) is 11.3 Å². The lowest BCUT2D eigenvalue weighted by atomic mass is 10.1. The quantitative estimate of drug-likeness (QED) is 0.148. The first-order valence-electron chi connectivity index (χ1n) is 12.2. The molecule has 0 atom stereocenters. The summed E-state index contributed by atoms with van der Waals surface area (Å²) in [5.41, 5.74) is 0.103. The molecule has 0 bridgehead atoms. The molecule has 1 saturated carbocycles. The molecule has 0 radical (unpaired) electrons. The molecule has 0 unspecified atom stereocenters. The van der Waals surface area contributed by atoms with Gasteiger partial charge in [0.1, 0.15) is 11.4 Å². The molecule has 1 aliphatic rings. The smallest absolute Gasteiger partial charge is 0.343 e. The molecule has 0 aliphatic heterocycles. The summed E-state index contributed by atoms with van der Waals surface area (Å²) in [7, 11) is -0.312. The van der Waals surface area contributed by atoms with Crippen LogP contribution in [0.3, 0.4) is 0 Å². The van der Waals surface area contributed by atoms with Crippen molar-refractivity contribution in [1.29, 1.82) is 0 Å². The summed E-state index contributed by atoms with van der Waals surface area (Å²) in [5.74, 6) is -0.874. The lowest BCUT2D eigenvalue weighted by Crippen LogP contribution is -2.28. The highest BCUT2D eigenvalue weighted by molar-refractivity contribution is 7.97. The molecule has 4 aromatic carbocycles. The molecule has 0 heterocycles. The van der Waals surface area contributed by atoms with Crippen molar-refractivity contribution in [2.24, 2.45) is 0 Å². The van der Waals surface area contributed by atoms with Gasteiger partial charge in [-0.25, -0.2) is 9.18 Å². The predicted molar refractivity (Wildman–Crippen MR) is 140 cm³/mol. The molecule has 5 heteroatoms. The number of esters is 1. The van der Waals surface area contributed by atoms with Crippen molar-refractivity contribution in [2.75, 3.05) is 0 Å². The van der Waals surface area contributed by atoms with E-state index >= 15 is 0 Å². The molecule has 1 fully saturated rings. The van der Waals surface area contributed by atoms with Gasteiger partial charge in [0, 0.05) is 6.07 Å². The van der Waals surface area contributed by atoms with Gasteiger partial charge in [-0.05, 0) is 93.3 Å². The van der Waals surface area contributed by atoms with Crippen LogP contribution in [0, 0.1) is 5.82 Å². The maximum absolute atomic E-state index is 14.7. The zero-order valence-electron chi connectivity index (χ0n) is 20.2. The lowest BCUT2D eigenvalue weighted by Gasteiger charge is -2.25. The van der Waals surface area contributed by atoms with Gasteiger partial charge in [0.25, 0.3) is 0 Å². The summed E-state index contributed by atoms with van der Waals surface area (Å²) in [6.45, 7) is 2.05. The van der Waals surface area contributed by atoms with Crippen LogP contribution < -0.4 is 9.47 Å². The first-order valence-corrected chi connectivity index (χ1v) is 13.4. The minimum absolute atomic E-state index is 0.110. The first-order chi connectivity index (χ1) is 17.5. The second kappa shape index (κ2) is 10.6. The number of carbonyl (C=O) groups is 1. The van der Waals surface area contributed by atoms with Crippen LogP contribution >= 0.6 is 0 Å². The van der Waals surface area contributed by atoms with E-state index in [1.165, 1.54) is 21.9 Å². The van der Waals surface area contributed by atoms with E-state index in [-0.39, 0.29) is 22.2 Å². The van der Waals surface area contributed by atoms with Gasteiger partial charge < -0.3 is 9.47 Å². The van der Waals surface area contributed by atoms with Gasteiger partial charge in [-0.2, -0.15) is 0 Å².